The van der Waals surface area contributed by atoms with Crippen molar-refractivity contribution in [3.05, 3.63) is 22.7 Å². The third-order valence-corrected chi connectivity index (χ3v) is 3.13. The minimum absolute atomic E-state index is 0.256. The van der Waals surface area contributed by atoms with Gasteiger partial charge in [0.15, 0.2) is 6.04 Å². The number of hydrogen-bond donors (Lipinski definition) is 3. The molecule has 0 saturated heterocycles. The number of carbonyl (C=O) groups excluding carboxylic acids is 1. The number of hydrogen-bond acceptors (Lipinski definition) is 7. The van der Waals surface area contributed by atoms with E-state index in [1.54, 1.807) is 11.4 Å². The molecule has 0 aliphatic heterocycles. The fourth-order valence-electron chi connectivity index (χ4n) is 1.33. The van der Waals surface area contributed by atoms with Crippen molar-refractivity contribution in [1.29, 1.82) is 0 Å². The summed E-state index contributed by atoms with van der Waals surface area (Å²) in [5.41, 5.74) is 0.439. The molecule has 0 aliphatic rings. The molecular weight excluding hydrogens is 274 g/mol. The maximum atomic E-state index is 11.9. The number of rotatable bonds is 5. The first kappa shape index (κ1) is 13.1. The van der Waals surface area contributed by atoms with Crippen LogP contribution in [0.15, 0.2) is 17.8 Å². The molecule has 2 aromatic rings. The van der Waals surface area contributed by atoms with Gasteiger partial charge in [-0.3, -0.25) is 4.79 Å². The number of tetrazole rings is 1. The van der Waals surface area contributed by atoms with Gasteiger partial charge in [-0.15, -0.1) is 16.4 Å². The molecule has 2 aromatic heterocycles. The van der Waals surface area contributed by atoms with Crippen LogP contribution in [0.4, 0.5) is 0 Å². The first-order valence-corrected chi connectivity index (χ1v) is 5.97. The Kier molecular flexibility index (Phi) is 3.82. The molecule has 100 valence electrons. The van der Waals surface area contributed by atoms with Crippen molar-refractivity contribution in [2.75, 3.05) is 6.61 Å². The highest BCUT2D eigenvalue weighted by Gasteiger charge is 2.22. The molecule has 1 atom stereocenters. The molecule has 2 rings (SSSR count). The number of thiophene rings is 1. The topological polar surface area (TPSA) is 130 Å². The van der Waals surface area contributed by atoms with E-state index in [-0.39, 0.29) is 4.88 Å². The molecule has 0 bridgehead atoms. The van der Waals surface area contributed by atoms with Crippen LogP contribution in [-0.2, 0) is 4.79 Å². The van der Waals surface area contributed by atoms with Gasteiger partial charge in [-0.1, -0.05) is 0 Å². The van der Waals surface area contributed by atoms with Gasteiger partial charge in [-0.05, 0) is 21.9 Å². The Labute approximate surface area is 110 Å². The number of aliphatic carboxylic acids is 1. The van der Waals surface area contributed by atoms with Crippen molar-refractivity contribution < 1.29 is 19.8 Å². The van der Waals surface area contributed by atoms with Crippen LogP contribution < -0.4 is 5.32 Å². The minimum Gasteiger partial charge on any atom is -0.480 e. The Morgan fingerprint density at radius 2 is 2.32 bits per heavy atom. The van der Waals surface area contributed by atoms with Crippen molar-refractivity contribution in [3.8, 4) is 5.69 Å². The van der Waals surface area contributed by atoms with Crippen LogP contribution in [0.5, 0.6) is 0 Å². The maximum absolute atomic E-state index is 11.9. The lowest BCUT2D eigenvalue weighted by Gasteiger charge is -2.11. The molecule has 0 aliphatic carbocycles. The zero-order chi connectivity index (χ0) is 13.8. The van der Waals surface area contributed by atoms with E-state index in [0.29, 0.717) is 5.69 Å². The van der Waals surface area contributed by atoms with E-state index in [2.05, 4.69) is 20.8 Å². The summed E-state index contributed by atoms with van der Waals surface area (Å²) in [4.78, 5) is 22.9. The van der Waals surface area contributed by atoms with Crippen LogP contribution in [0, 0.1) is 0 Å². The van der Waals surface area contributed by atoms with Crippen LogP contribution in [0.3, 0.4) is 0 Å². The minimum atomic E-state index is -1.35. The third-order valence-electron chi connectivity index (χ3n) is 2.23. The summed E-state index contributed by atoms with van der Waals surface area (Å²) in [5.74, 6) is -1.92. The molecule has 0 fully saturated rings. The molecule has 0 aromatic carbocycles. The Balaban J connectivity index is 2.21. The van der Waals surface area contributed by atoms with E-state index >= 15 is 0 Å². The Morgan fingerprint density at radius 1 is 1.53 bits per heavy atom. The standard InChI is InChI=1S/C9H9N5O4S/c15-3-5(9(17)18)11-8(16)7-6(1-2-19-7)14-4-10-12-13-14/h1-2,4-5,15H,3H2,(H,11,16)(H,17,18)/t5-/m0/s1. The van der Waals surface area contributed by atoms with Crippen molar-refractivity contribution in [3.63, 3.8) is 0 Å². The number of amides is 1. The summed E-state index contributed by atoms with van der Waals surface area (Å²) in [6.45, 7) is -0.688. The van der Waals surface area contributed by atoms with E-state index in [1.807, 2.05) is 0 Å². The molecular formula is C9H9N5O4S. The highest BCUT2D eigenvalue weighted by molar-refractivity contribution is 7.12. The van der Waals surface area contributed by atoms with E-state index in [0.717, 1.165) is 11.3 Å². The lowest BCUT2D eigenvalue weighted by Crippen LogP contribution is -2.43. The summed E-state index contributed by atoms with van der Waals surface area (Å²) in [6.07, 6.45) is 1.32. The molecule has 9 nitrogen and oxygen atoms in total. The molecule has 10 heteroatoms. The molecule has 0 radical (unpaired) electrons. The zero-order valence-corrected chi connectivity index (χ0v) is 10.2. The van der Waals surface area contributed by atoms with Crippen LogP contribution in [-0.4, -0.2) is 54.9 Å². The van der Waals surface area contributed by atoms with E-state index < -0.39 is 24.5 Å². The van der Waals surface area contributed by atoms with E-state index in [9.17, 15) is 9.59 Å². The van der Waals surface area contributed by atoms with Crippen LogP contribution in [0.2, 0.25) is 0 Å². The number of nitrogens with one attached hydrogen (secondary N) is 1. The van der Waals surface area contributed by atoms with Crippen molar-refractivity contribution >= 4 is 23.2 Å². The predicted octanol–water partition coefficient (Wildman–Crippen LogP) is -1.10. The first-order chi connectivity index (χ1) is 9.13. The number of aliphatic hydroxyl groups excluding tert-OH is 1. The van der Waals surface area contributed by atoms with Gasteiger partial charge in [-0.25, -0.2) is 4.79 Å². The highest BCUT2D eigenvalue weighted by atomic mass is 32.1. The van der Waals surface area contributed by atoms with Gasteiger partial charge in [0.2, 0.25) is 0 Å². The number of aliphatic hydroxyl groups is 1. The quantitative estimate of drug-likeness (QED) is 0.634. The van der Waals surface area contributed by atoms with Gasteiger partial charge in [-0.2, -0.15) is 4.68 Å². The summed E-state index contributed by atoms with van der Waals surface area (Å²) < 4.78 is 1.29. The second-order valence-electron chi connectivity index (χ2n) is 3.44. The average Bonchev–Trinajstić information content (AvgIpc) is 3.03. The van der Waals surface area contributed by atoms with Gasteiger partial charge >= 0.3 is 5.97 Å². The van der Waals surface area contributed by atoms with Crippen LogP contribution >= 0.6 is 11.3 Å². The predicted molar refractivity (Wildman–Crippen MR) is 63.0 cm³/mol. The smallest absolute Gasteiger partial charge is 0.328 e. The third kappa shape index (κ3) is 2.74. The molecule has 2 heterocycles. The summed E-state index contributed by atoms with van der Waals surface area (Å²) in [6, 6.07) is 0.279. The summed E-state index contributed by atoms with van der Waals surface area (Å²) >= 11 is 1.12. The number of nitrogens with zero attached hydrogens (tertiary/aromatic N) is 4. The number of aromatic nitrogens is 4. The van der Waals surface area contributed by atoms with Crippen LogP contribution in [0.1, 0.15) is 9.67 Å². The van der Waals surface area contributed by atoms with Gasteiger partial charge in [0.05, 0.1) is 12.3 Å². The molecule has 1 amide bonds. The lowest BCUT2D eigenvalue weighted by atomic mass is 10.3. The first-order valence-electron chi connectivity index (χ1n) is 5.09. The Bertz CT molecular complexity index is 581. The maximum Gasteiger partial charge on any atom is 0.328 e. The molecule has 19 heavy (non-hydrogen) atoms. The van der Waals surface area contributed by atoms with E-state index in [4.69, 9.17) is 10.2 Å². The lowest BCUT2D eigenvalue weighted by molar-refractivity contribution is -0.140. The second-order valence-corrected chi connectivity index (χ2v) is 4.35. The zero-order valence-electron chi connectivity index (χ0n) is 9.42. The number of carbonyl (C=O) groups is 2. The fourth-order valence-corrected chi connectivity index (χ4v) is 2.12. The van der Waals surface area contributed by atoms with Crippen molar-refractivity contribution in [1.82, 2.24) is 25.5 Å². The molecule has 0 spiro atoms. The fraction of sp³-hybridized carbons (Fsp3) is 0.222. The number of carboxylic acid groups (broad SMARTS) is 1. The monoisotopic (exact) mass is 283 g/mol. The summed E-state index contributed by atoms with van der Waals surface area (Å²) in [7, 11) is 0. The SMILES string of the molecule is O=C(N[C@@H](CO)C(=O)O)c1sccc1-n1cnnn1. The molecule has 3 N–H and O–H groups in total. The highest BCUT2D eigenvalue weighted by Crippen LogP contribution is 2.19. The van der Waals surface area contributed by atoms with Crippen molar-refractivity contribution in [2.24, 2.45) is 0 Å². The van der Waals surface area contributed by atoms with Crippen LogP contribution in [0.25, 0.3) is 5.69 Å². The Morgan fingerprint density at radius 3 is 2.89 bits per heavy atom. The number of carboxylic acids is 1. The molecule has 0 unspecified atom stereocenters. The summed E-state index contributed by atoms with van der Waals surface area (Å²) in [5, 5.41) is 32.1. The molecule has 0 saturated carbocycles. The largest absolute Gasteiger partial charge is 0.480 e. The van der Waals surface area contributed by atoms with Gasteiger partial charge in [0.1, 0.15) is 11.2 Å². The van der Waals surface area contributed by atoms with Gasteiger partial charge in [0, 0.05) is 0 Å². The van der Waals surface area contributed by atoms with Gasteiger partial charge < -0.3 is 15.5 Å². The van der Waals surface area contributed by atoms with Crippen molar-refractivity contribution in [2.45, 2.75) is 6.04 Å². The average molecular weight is 283 g/mol. The normalized spacial score (nSPS) is 12.1. The second kappa shape index (κ2) is 5.54. The van der Waals surface area contributed by atoms with E-state index in [1.165, 1.54) is 11.0 Å². The Hall–Kier alpha value is -2.33. The van der Waals surface area contributed by atoms with Gasteiger partial charge in [0.25, 0.3) is 5.91 Å².